The summed E-state index contributed by atoms with van der Waals surface area (Å²) in [6.07, 6.45) is 2.70. The number of hydrogen-bond donors (Lipinski definition) is 1. The van der Waals surface area contributed by atoms with Crippen LogP contribution in [0.15, 0.2) is 40.9 Å². The minimum absolute atomic E-state index is 0.0179. The average molecular weight is 295 g/mol. The zero-order chi connectivity index (χ0) is 15.1. The van der Waals surface area contributed by atoms with Crippen LogP contribution >= 0.6 is 0 Å². The summed E-state index contributed by atoms with van der Waals surface area (Å²) in [5.74, 6) is 0.776. The summed E-state index contributed by atoms with van der Waals surface area (Å²) in [5.41, 5.74) is 2.79. The third-order valence-electron chi connectivity index (χ3n) is 4.48. The van der Waals surface area contributed by atoms with Crippen molar-refractivity contribution in [2.45, 2.75) is 19.3 Å². The number of benzene rings is 1. The lowest BCUT2D eigenvalue weighted by molar-refractivity contribution is 0.0760. The van der Waals surface area contributed by atoms with Crippen molar-refractivity contribution in [3.05, 3.63) is 53.5 Å². The molecule has 5 heteroatoms. The number of aromatic nitrogens is 2. The Bertz CT molecular complexity index is 820. The van der Waals surface area contributed by atoms with Crippen LogP contribution in [0, 0.1) is 6.92 Å². The van der Waals surface area contributed by atoms with Crippen molar-refractivity contribution in [2.24, 2.45) is 0 Å². The van der Waals surface area contributed by atoms with Crippen LogP contribution in [0.25, 0.3) is 11.0 Å². The first-order chi connectivity index (χ1) is 10.7. The monoisotopic (exact) mass is 295 g/mol. The first-order valence-corrected chi connectivity index (χ1v) is 7.50. The number of H-pyrrole nitrogens is 1. The van der Waals surface area contributed by atoms with Crippen molar-refractivity contribution in [3.8, 4) is 0 Å². The molecule has 112 valence electrons. The van der Waals surface area contributed by atoms with Crippen molar-refractivity contribution < 1.29 is 9.21 Å². The zero-order valence-electron chi connectivity index (χ0n) is 12.4. The van der Waals surface area contributed by atoms with E-state index in [2.05, 4.69) is 10.2 Å². The normalized spacial score (nSPS) is 18.2. The summed E-state index contributed by atoms with van der Waals surface area (Å²) in [6.45, 7) is 3.40. The first-order valence-electron chi connectivity index (χ1n) is 7.50. The molecule has 0 bridgehead atoms. The number of fused-ring (bicyclic) bond motifs is 1. The number of furan rings is 1. The summed E-state index contributed by atoms with van der Waals surface area (Å²) >= 11 is 0. The van der Waals surface area contributed by atoms with Gasteiger partial charge in [-0.2, -0.15) is 5.10 Å². The molecule has 3 aromatic rings. The number of carbonyl (C=O) groups excluding carboxylic acids is 1. The van der Waals surface area contributed by atoms with Crippen LogP contribution in [0.3, 0.4) is 0 Å². The molecule has 0 radical (unpaired) electrons. The van der Waals surface area contributed by atoms with Gasteiger partial charge >= 0.3 is 0 Å². The van der Waals surface area contributed by atoms with Gasteiger partial charge in [0, 0.05) is 41.8 Å². The topological polar surface area (TPSA) is 62.1 Å². The number of aryl methyl sites for hydroxylation is 1. The minimum Gasteiger partial charge on any atom is -0.451 e. The molecule has 1 aromatic carbocycles. The summed E-state index contributed by atoms with van der Waals surface area (Å²) in [5, 5.41) is 8.00. The van der Waals surface area contributed by atoms with E-state index < -0.39 is 0 Å². The summed E-state index contributed by atoms with van der Waals surface area (Å²) < 4.78 is 5.79. The fourth-order valence-electron chi connectivity index (χ4n) is 3.21. The Balaban J connectivity index is 1.60. The van der Waals surface area contributed by atoms with Gasteiger partial charge in [0.15, 0.2) is 5.76 Å². The predicted molar refractivity (Wildman–Crippen MR) is 82.8 cm³/mol. The summed E-state index contributed by atoms with van der Waals surface area (Å²) in [7, 11) is 0. The van der Waals surface area contributed by atoms with Crippen LogP contribution in [0.5, 0.6) is 0 Å². The van der Waals surface area contributed by atoms with E-state index in [9.17, 15) is 4.79 Å². The van der Waals surface area contributed by atoms with Gasteiger partial charge in [-0.1, -0.05) is 18.2 Å². The molecule has 5 nitrogen and oxygen atoms in total. The third-order valence-corrected chi connectivity index (χ3v) is 4.48. The standard InChI is InChI=1S/C17H17N3O2/c1-11-13-4-2-3-5-15(13)22-16(11)17(21)20-9-7-12(10-20)14-6-8-18-19-14/h2-6,8,12H,7,9-10H2,1H3,(H,18,19). The van der Waals surface area contributed by atoms with Crippen LogP contribution in [0.2, 0.25) is 0 Å². The molecule has 1 aliphatic heterocycles. The fraction of sp³-hybridized carbons (Fsp3) is 0.294. The molecular weight excluding hydrogens is 278 g/mol. The summed E-state index contributed by atoms with van der Waals surface area (Å²) in [4.78, 5) is 14.6. The second kappa shape index (κ2) is 5.02. The minimum atomic E-state index is -0.0179. The lowest BCUT2D eigenvalue weighted by Crippen LogP contribution is -2.28. The number of nitrogens with one attached hydrogen (secondary N) is 1. The largest absolute Gasteiger partial charge is 0.451 e. The van der Waals surface area contributed by atoms with Gasteiger partial charge < -0.3 is 9.32 Å². The maximum Gasteiger partial charge on any atom is 0.289 e. The zero-order valence-corrected chi connectivity index (χ0v) is 12.4. The molecule has 1 saturated heterocycles. The van der Waals surface area contributed by atoms with Crippen LogP contribution in [-0.2, 0) is 0 Å². The SMILES string of the molecule is Cc1c(C(=O)N2CCC(c3ccn[nH]3)C2)oc2ccccc12. The predicted octanol–water partition coefficient (Wildman–Crippen LogP) is 3.09. The Morgan fingerprint density at radius 3 is 3.00 bits per heavy atom. The van der Waals surface area contributed by atoms with E-state index in [0.717, 1.165) is 35.2 Å². The van der Waals surface area contributed by atoms with Gasteiger partial charge in [-0.25, -0.2) is 0 Å². The number of hydrogen-bond acceptors (Lipinski definition) is 3. The van der Waals surface area contributed by atoms with Crippen LogP contribution < -0.4 is 0 Å². The number of carbonyl (C=O) groups is 1. The number of para-hydroxylation sites is 1. The van der Waals surface area contributed by atoms with E-state index in [0.29, 0.717) is 18.2 Å². The Labute approximate surface area is 127 Å². The van der Waals surface area contributed by atoms with Crippen molar-refractivity contribution in [2.75, 3.05) is 13.1 Å². The van der Waals surface area contributed by atoms with E-state index in [1.807, 2.05) is 42.2 Å². The van der Waals surface area contributed by atoms with Gasteiger partial charge in [-0.3, -0.25) is 9.89 Å². The molecular formula is C17H17N3O2. The number of likely N-dealkylation sites (tertiary alicyclic amines) is 1. The van der Waals surface area contributed by atoms with E-state index >= 15 is 0 Å². The molecule has 22 heavy (non-hydrogen) atoms. The highest BCUT2D eigenvalue weighted by Gasteiger charge is 2.31. The molecule has 2 aromatic heterocycles. The van der Waals surface area contributed by atoms with Crippen molar-refractivity contribution in [1.29, 1.82) is 0 Å². The highest BCUT2D eigenvalue weighted by atomic mass is 16.3. The Hall–Kier alpha value is -2.56. The number of amides is 1. The number of rotatable bonds is 2. The Morgan fingerprint density at radius 2 is 2.23 bits per heavy atom. The van der Waals surface area contributed by atoms with Gasteiger partial charge in [0.2, 0.25) is 0 Å². The smallest absolute Gasteiger partial charge is 0.289 e. The van der Waals surface area contributed by atoms with Gasteiger partial charge in [-0.15, -0.1) is 0 Å². The second-order valence-electron chi connectivity index (χ2n) is 5.80. The molecule has 0 spiro atoms. The molecule has 1 amide bonds. The lowest BCUT2D eigenvalue weighted by atomic mass is 10.1. The maximum absolute atomic E-state index is 12.8. The Morgan fingerprint density at radius 1 is 1.36 bits per heavy atom. The quantitative estimate of drug-likeness (QED) is 0.790. The highest BCUT2D eigenvalue weighted by molar-refractivity contribution is 5.99. The summed E-state index contributed by atoms with van der Waals surface area (Å²) in [6, 6.07) is 9.75. The average Bonchev–Trinajstić information content (AvgIpc) is 3.26. The van der Waals surface area contributed by atoms with Gasteiger partial charge in [0.1, 0.15) is 5.58 Å². The lowest BCUT2D eigenvalue weighted by Gasteiger charge is -2.15. The van der Waals surface area contributed by atoms with E-state index in [4.69, 9.17) is 4.42 Å². The fourth-order valence-corrected chi connectivity index (χ4v) is 3.21. The van der Waals surface area contributed by atoms with Gasteiger partial charge in [0.25, 0.3) is 5.91 Å². The molecule has 1 N–H and O–H groups in total. The van der Waals surface area contributed by atoms with E-state index in [-0.39, 0.29) is 5.91 Å². The second-order valence-corrected chi connectivity index (χ2v) is 5.80. The number of nitrogens with zero attached hydrogens (tertiary/aromatic N) is 2. The highest BCUT2D eigenvalue weighted by Crippen LogP contribution is 2.30. The first kappa shape index (κ1) is 13.1. The molecule has 1 atom stereocenters. The molecule has 1 unspecified atom stereocenters. The third kappa shape index (κ3) is 2.01. The number of aromatic amines is 1. The molecule has 0 saturated carbocycles. The van der Waals surface area contributed by atoms with Gasteiger partial charge in [-0.05, 0) is 25.5 Å². The van der Waals surface area contributed by atoms with Gasteiger partial charge in [0.05, 0.1) is 0 Å². The maximum atomic E-state index is 12.8. The molecule has 4 rings (SSSR count). The molecule has 1 fully saturated rings. The molecule has 1 aliphatic rings. The van der Waals surface area contributed by atoms with Crippen molar-refractivity contribution >= 4 is 16.9 Å². The van der Waals surface area contributed by atoms with Crippen molar-refractivity contribution in [1.82, 2.24) is 15.1 Å². The Kier molecular flexibility index (Phi) is 2.99. The molecule has 0 aliphatic carbocycles. The van der Waals surface area contributed by atoms with Crippen LogP contribution in [0.4, 0.5) is 0 Å². The van der Waals surface area contributed by atoms with E-state index in [1.165, 1.54) is 0 Å². The van der Waals surface area contributed by atoms with Crippen molar-refractivity contribution in [3.63, 3.8) is 0 Å². The van der Waals surface area contributed by atoms with Crippen LogP contribution in [-0.4, -0.2) is 34.1 Å². The molecule has 3 heterocycles. The van der Waals surface area contributed by atoms with E-state index in [1.54, 1.807) is 6.20 Å². The van der Waals surface area contributed by atoms with Crippen LogP contribution in [0.1, 0.15) is 34.2 Å².